The second-order valence-corrected chi connectivity index (χ2v) is 8.61. The Bertz CT molecular complexity index is 650. The van der Waals surface area contributed by atoms with Crippen molar-refractivity contribution in [3.8, 4) is 0 Å². The Balaban J connectivity index is 1.69. The molecule has 5 nitrogen and oxygen atoms in total. The first-order chi connectivity index (χ1) is 12.6. The van der Waals surface area contributed by atoms with E-state index in [0.29, 0.717) is 29.5 Å². The molecule has 2 heterocycles. The van der Waals surface area contributed by atoms with Crippen molar-refractivity contribution in [2.45, 2.75) is 64.8 Å². The minimum Gasteiger partial charge on any atom is -0.462 e. The fourth-order valence-electron chi connectivity index (χ4n) is 4.04. The first-order valence-corrected chi connectivity index (χ1v) is 10.7. The Kier molecular flexibility index (Phi) is 6.70. The molecule has 1 saturated carbocycles. The molecule has 1 aromatic heterocycles. The third-order valence-corrected chi connectivity index (χ3v) is 6.62. The second kappa shape index (κ2) is 9.00. The van der Waals surface area contributed by atoms with Crippen LogP contribution in [0, 0.1) is 5.92 Å². The molecule has 1 N–H and O–H groups in total. The molecule has 0 radical (unpaired) electrons. The highest BCUT2D eigenvalue weighted by molar-refractivity contribution is 7.17. The van der Waals surface area contributed by atoms with Crippen molar-refractivity contribution >= 4 is 28.2 Å². The van der Waals surface area contributed by atoms with Crippen molar-refractivity contribution < 1.29 is 14.3 Å². The Hall–Kier alpha value is -1.40. The van der Waals surface area contributed by atoms with Gasteiger partial charge in [0.1, 0.15) is 5.00 Å². The number of carbonyl (C=O) groups is 2. The molecule has 0 aromatic carbocycles. The van der Waals surface area contributed by atoms with Gasteiger partial charge in [0.15, 0.2) is 0 Å². The highest BCUT2D eigenvalue weighted by Crippen LogP contribution is 2.37. The molecule has 1 fully saturated rings. The first kappa shape index (κ1) is 19.4. The number of rotatable bonds is 6. The van der Waals surface area contributed by atoms with Gasteiger partial charge < -0.3 is 15.0 Å². The molecule has 26 heavy (non-hydrogen) atoms. The van der Waals surface area contributed by atoms with E-state index >= 15 is 0 Å². The molecule has 0 saturated heterocycles. The van der Waals surface area contributed by atoms with Gasteiger partial charge in [0, 0.05) is 24.4 Å². The summed E-state index contributed by atoms with van der Waals surface area (Å²) < 4.78 is 5.26. The van der Waals surface area contributed by atoms with Gasteiger partial charge in [-0.05, 0) is 38.3 Å². The summed E-state index contributed by atoms with van der Waals surface area (Å²) in [7, 11) is 2.08. The Morgan fingerprint density at radius 2 is 2.04 bits per heavy atom. The van der Waals surface area contributed by atoms with Crippen LogP contribution in [0.2, 0.25) is 0 Å². The molecule has 144 valence electrons. The smallest absolute Gasteiger partial charge is 0.341 e. The van der Waals surface area contributed by atoms with Crippen molar-refractivity contribution in [3.63, 3.8) is 0 Å². The summed E-state index contributed by atoms with van der Waals surface area (Å²) in [5, 5.41) is 3.70. The Morgan fingerprint density at radius 3 is 2.77 bits per heavy atom. The van der Waals surface area contributed by atoms with Crippen LogP contribution in [0.5, 0.6) is 0 Å². The van der Waals surface area contributed by atoms with Gasteiger partial charge in [-0.2, -0.15) is 0 Å². The van der Waals surface area contributed by atoms with E-state index in [1.165, 1.54) is 48.3 Å². The minimum absolute atomic E-state index is 0.0214. The van der Waals surface area contributed by atoms with Gasteiger partial charge in [-0.15, -0.1) is 11.3 Å². The number of thiophene rings is 1. The lowest BCUT2D eigenvalue weighted by molar-refractivity contribution is -0.116. The lowest BCUT2D eigenvalue weighted by atomic mass is 9.86. The summed E-state index contributed by atoms with van der Waals surface area (Å²) in [4.78, 5) is 28.4. The molecule has 1 amide bonds. The number of fused-ring (bicyclic) bond motifs is 1. The van der Waals surface area contributed by atoms with E-state index in [2.05, 4.69) is 17.3 Å². The van der Waals surface area contributed by atoms with Gasteiger partial charge >= 0.3 is 5.97 Å². The summed E-state index contributed by atoms with van der Waals surface area (Å²) in [5.41, 5.74) is 1.65. The van der Waals surface area contributed by atoms with Crippen molar-refractivity contribution in [3.05, 3.63) is 16.0 Å². The fraction of sp³-hybridized carbons (Fsp3) is 0.700. The van der Waals surface area contributed by atoms with E-state index in [1.54, 1.807) is 0 Å². The Morgan fingerprint density at radius 1 is 1.27 bits per heavy atom. The van der Waals surface area contributed by atoms with Gasteiger partial charge in [-0.1, -0.05) is 32.1 Å². The van der Waals surface area contributed by atoms with Crippen LogP contribution in [0.1, 0.15) is 72.7 Å². The summed E-state index contributed by atoms with van der Waals surface area (Å²) >= 11 is 1.54. The van der Waals surface area contributed by atoms with Crippen LogP contribution < -0.4 is 5.32 Å². The highest BCUT2D eigenvalue weighted by atomic mass is 32.1. The molecule has 1 aliphatic carbocycles. The topological polar surface area (TPSA) is 58.6 Å². The SMILES string of the molecule is CCOC(=O)c1c(NC(=O)CCC2CCCCC2)sc2c1CCN(C)C2. The molecule has 0 unspecified atom stereocenters. The average molecular weight is 379 g/mol. The van der Waals surface area contributed by atoms with Gasteiger partial charge in [0.2, 0.25) is 5.91 Å². The number of ether oxygens (including phenoxy) is 1. The molecule has 0 atom stereocenters. The third kappa shape index (κ3) is 4.65. The molecule has 0 spiro atoms. The number of anilines is 1. The molecular formula is C20H30N2O3S. The van der Waals surface area contributed by atoms with Crippen LogP contribution in [-0.2, 0) is 22.5 Å². The summed E-state index contributed by atoms with van der Waals surface area (Å²) in [6, 6.07) is 0. The number of hydrogen-bond acceptors (Lipinski definition) is 5. The van der Waals surface area contributed by atoms with Crippen LogP contribution in [0.4, 0.5) is 5.00 Å². The standard InChI is InChI=1S/C20H30N2O3S/c1-3-25-20(24)18-15-11-12-22(2)13-16(15)26-19(18)21-17(23)10-9-14-7-5-4-6-8-14/h14H,3-13H2,1-2H3,(H,21,23). The minimum atomic E-state index is -0.308. The van der Waals surface area contributed by atoms with Gasteiger partial charge in [0.25, 0.3) is 0 Å². The van der Waals surface area contributed by atoms with Crippen LogP contribution in [-0.4, -0.2) is 37.0 Å². The van der Waals surface area contributed by atoms with Crippen LogP contribution in [0.3, 0.4) is 0 Å². The zero-order chi connectivity index (χ0) is 18.5. The molecule has 1 aliphatic heterocycles. The molecular weight excluding hydrogens is 348 g/mol. The van der Waals surface area contributed by atoms with Crippen LogP contribution >= 0.6 is 11.3 Å². The van der Waals surface area contributed by atoms with E-state index in [-0.39, 0.29) is 11.9 Å². The monoisotopic (exact) mass is 378 g/mol. The number of nitrogens with one attached hydrogen (secondary N) is 1. The largest absolute Gasteiger partial charge is 0.462 e. The molecule has 2 aliphatic rings. The van der Waals surface area contributed by atoms with E-state index < -0.39 is 0 Å². The van der Waals surface area contributed by atoms with Gasteiger partial charge in [-0.3, -0.25) is 4.79 Å². The number of hydrogen-bond donors (Lipinski definition) is 1. The highest BCUT2D eigenvalue weighted by Gasteiger charge is 2.28. The van der Waals surface area contributed by atoms with Crippen molar-refractivity contribution in [1.82, 2.24) is 4.90 Å². The van der Waals surface area contributed by atoms with Crippen molar-refractivity contribution in [1.29, 1.82) is 0 Å². The first-order valence-electron chi connectivity index (χ1n) is 9.88. The molecule has 3 rings (SSSR count). The lowest BCUT2D eigenvalue weighted by Crippen LogP contribution is -2.26. The van der Waals surface area contributed by atoms with Gasteiger partial charge in [-0.25, -0.2) is 4.79 Å². The normalized spacial score (nSPS) is 18.4. The fourth-order valence-corrected chi connectivity index (χ4v) is 5.37. The lowest BCUT2D eigenvalue weighted by Gasteiger charge is -2.22. The number of carbonyl (C=O) groups excluding carboxylic acids is 2. The van der Waals surface area contributed by atoms with Crippen molar-refractivity contribution in [2.75, 3.05) is 25.5 Å². The molecule has 0 bridgehead atoms. The predicted molar refractivity (Wildman–Crippen MR) is 105 cm³/mol. The second-order valence-electron chi connectivity index (χ2n) is 7.51. The van der Waals surface area contributed by atoms with E-state index in [9.17, 15) is 9.59 Å². The predicted octanol–water partition coefficient (Wildman–Crippen LogP) is 4.21. The van der Waals surface area contributed by atoms with Gasteiger partial charge in [0.05, 0.1) is 12.2 Å². The molecule has 1 aromatic rings. The zero-order valence-corrected chi connectivity index (χ0v) is 16.8. The number of esters is 1. The summed E-state index contributed by atoms with van der Waals surface area (Å²) in [6.45, 7) is 3.90. The summed E-state index contributed by atoms with van der Waals surface area (Å²) in [5.74, 6) is 0.398. The number of likely N-dealkylation sites (N-methyl/N-ethyl adjacent to an activating group) is 1. The number of nitrogens with zero attached hydrogens (tertiary/aromatic N) is 1. The van der Waals surface area contributed by atoms with E-state index in [0.717, 1.165) is 31.5 Å². The maximum Gasteiger partial charge on any atom is 0.341 e. The third-order valence-electron chi connectivity index (χ3n) is 5.48. The maximum absolute atomic E-state index is 12.5. The zero-order valence-electron chi connectivity index (χ0n) is 15.9. The summed E-state index contributed by atoms with van der Waals surface area (Å²) in [6.07, 6.45) is 8.75. The van der Waals surface area contributed by atoms with E-state index in [4.69, 9.17) is 4.74 Å². The Labute approximate surface area is 160 Å². The van der Waals surface area contributed by atoms with Crippen LogP contribution in [0.15, 0.2) is 0 Å². The van der Waals surface area contributed by atoms with Crippen LogP contribution in [0.25, 0.3) is 0 Å². The molecule has 6 heteroatoms. The quantitative estimate of drug-likeness (QED) is 0.753. The average Bonchev–Trinajstić information content (AvgIpc) is 2.98. The van der Waals surface area contributed by atoms with Crippen molar-refractivity contribution in [2.24, 2.45) is 5.92 Å². The maximum atomic E-state index is 12.5. The van der Waals surface area contributed by atoms with E-state index in [1.807, 2.05) is 6.92 Å². The number of amides is 1.